The molecule has 0 bridgehead atoms. The molecule has 0 saturated carbocycles. The van der Waals surface area contributed by atoms with E-state index in [1.807, 2.05) is 0 Å². The molecule has 29 heavy (non-hydrogen) atoms. The summed E-state index contributed by atoms with van der Waals surface area (Å²) in [6.07, 6.45) is 19.4. The van der Waals surface area contributed by atoms with Gasteiger partial charge >= 0.3 is 43.7 Å². The molecule has 0 saturated heterocycles. The molecule has 0 aliphatic heterocycles. The van der Waals surface area contributed by atoms with Crippen LogP contribution in [0.4, 0.5) is 0 Å². The van der Waals surface area contributed by atoms with E-state index in [-0.39, 0.29) is 50.3 Å². The Kier molecular flexibility index (Phi) is 25.5. The molecule has 0 aromatic rings. The van der Waals surface area contributed by atoms with Gasteiger partial charge in [0.05, 0.1) is 6.61 Å². The molecule has 0 atom stereocenters. The summed E-state index contributed by atoms with van der Waals surface area (Å²) in [5, 5.41) is 31.1. The Morgan fingerprint density at radius 3 is 1.48 bits per heavy atom. The van der Waals surface area contributed by atoms with Crippen molar-refractivity contribution in [2.75, 3.05) is 26.4 Å². The van der Waals surface area contributed by atoms with E-state index in [9.17, 15) is 15.0 Å². The number of hydrogen-bond acceptors (Lipinski definition) is 5. The number of unbranched alkanes of at least 4 members (excludes halogenated alkanes) is 14. The predicted octanol–water partition coefficient (Wildman–Crippen LogP) is 3.11. The number of ether oxygens (including phenoxy) is 1. The van der Waals surface area contributed by atoms with Crippen LogP contribution >= 0.6 is 0 Å². The van der Waals surface area contributed by atoms with E-state index in [0.717, 1.165) is 19.3 Å². The fourth-order valence-corrected chi connectivity index (χ4v) is 3.21. The second kappa shape index (κ2) is 23.3. The average molecular weight is 441 g/mol. The van der Waals surface area contributed by atoms with Crippen LogP contribution in [0, 0.1) is 5.41 Å². The zero-order chi connectivity index (χ0) is 20.9. The normalized spacial score (nSPS) is 11.3. The van der Waals surface area contributed by atoms with Gasteiger partial charge < -0.3 is 20.1 Å². The van der Waals surface area contributed by atoms with Crippen molar-refractivity contribution in [1.82, 2.24) is 0 Å². The Bertz CT molecular complexity index is 340. The molecule has 5 nitrogen and oxygen atoms in total. The monoisotopic (exact) mass is 440 g/mol. The third kappa shape index (κ3) is 19.1. The maximum Gasteiger partial charge on any atom is 2.00 e. The number of rotatable bonds is 21. The van der Waals surface area contributed by atoms with Crippen molar-refractivity contribution in [2.24, 2.45) is 5.41 Å². The van der Waals surface area contributed by atoms with Crippen LogP contribution in [0.3, 0.4) is 0 Å². The summed E-state index contributed by atoms with van der Waals surface area (Å²) in [5.74, 6) is -0.380. The van der Waals surface area contributed by atoms with E-state index in [4.69, 9.17) is 9.84 Å². The van der Waals surface area contributed by atoms with Crippen LogP contribution in [0.25, 0.3) is 0 Å². The van der Waals surface area contributed by atoms with Crippen molar-refractivity contribution >= 4 is 43.7 Å². The first-order chi connectivity index (χ1) is 13.6. The number of carbonyl (C=O) groups is 1. The Morgan fingerprint density at radius 2 is 1.14 bits per heavy atom. The molecule has 0 fully saturated rings. The molecule has 0 spiro atoms. The summed E-state index contributed by atoms with van der Waals surface area (Å²) in [7, 11) is 0. The summed E-state index contributed by atoms with van der Waals surface area (Å²) in [6.45, 7) is 0.00531. The first kappa shape index (κ1) is 31.8. The van der Waals surface area contributed by atoms with Gasteiger partial charge in [0.2, 0.25) is 0 Å². The Hall–Kier alpha value is 0.610. The van der Waals surface area contributed by atoms with Gasteiger partial charge in [-0.15, -0.1) is 13.2 Å². The summed E-state index contributed by atoms with van der Waals surface area (Å²) in [5.41, 5.74) is -1.36. The van der Waals surface area contributed by atoms with Gasteiger partial charge in [-0.3, -0.25) is 4.79 Å². The van der Waals surface area contributed by atoms with E-state index < -0.39 is 25.2 Å². The molecule has 1 N–H and O–H groups in total. The van der Waals surface area contributed by atoms with Crippen LogP contribution in [0.2, 0.25) is 0 Å². The van der Waals surface area contributed by atoms with Crippen molar-refractivity contribution in [3.8, 4) is 0 Å². The predicted molar refractivity (Wildman–Crippen MR) is 116 cm³/mol. The van der Waals surface area contributed by atoms with E-state index >= 15 is 0 Å². The number of hydrogen-bond donors (Lipinski definition) is 1. The van der Waals surface area contributed by atoms with Crippen LogP contribution in [-0.4, -0.2) is 75.2 Å². The average Bonchev–Trinajstić information content (AvgIpc) is 2.72. The molecular formula is C23H44CaO5. The molecule has 0 radical (unpaired) electrons. The van der Waals surface area contributed by atoms with Gasteiger partial charge in [-0.1, -0.05) is 96.8 Å². The van der Waals surface area contributed by atoms with Gasteiger partial charge in [0.25, 0.3) is 0 Å². The quantitative estimate of drug-likeness (QED) is 0.168. The maximum absolute atomic E-state index is 11.7. The van der Waals surface area contributed by atoms with Crippen LogP contribution in [0.15, 0.2) is 0 Å². The van der Waals surface area contributed by atoms with Gasteiger partial charge in [-0.25, -0.2) is 0 Å². The van der Waals surface area contributed by atoms with Crippen molar-refractivity contribution in [1.29, 1.82) is 0 Å². The maximum atomic E-state index is 11.7. The zero-order valence-corrected chi connectivity index (χ0v) is 21.1. The number of aliphatic hydroxyl groups is 1. The molecule has 0 aromatic carbocycles. The third-order valence-corrected chi connectivity index (χ3v) is 5.47. The Balaban J connectivity index is 0. The van der Waals surface area contributed by atoms with E-state index in [2.05, 4.69) is 6.92 Å². The van der Waals surface area contributed by atoms with Gasteiger partial charge in [0.1, 0.15) is 0 Å². The minimum Gasteiger partial charge on any atom is -0.854 e. The molecule has 6 heteroatoms. The SMILES string of the molecule is CCCCCCCCCCCCCCCCCC(=O)OCC(C[O-])(C[O-])CO.[Ca+2]. The first-order valence-corrected chi connectivity index (χ1v) is 11.6. The molecule has 0 rings (SSSR count). The second-order valence-electron chi connectivity index (χ2n) is 8.31. The van der Waals surface area contributed by atoms with Crippen LogP contribution in [0.1, 0.15) is 110 Å². The number of aliphatic hydroxyl groups excluding tert-OH is 1. The first-order valence-electron chi connectivity index (χ1n) is 11.6. The molecule has 0 aromatic heterocycles. The molecule has 0 aliphatic carbocycles. The molecule has 0 amide bonds. The Labute approximate surface area is 209 Å². The standard InChI is InChI=1S/C23H44O5.Ca/c1-2-3-4-5-6-7-8-9-10-11-12-13-14-15-16-17-22(27)28-21-23(18-24,19-25)20-26;/h24H,2-21H2,1H3;/q-2;+2. The van der Waals surface area contributed by atoms with Crippen LogP contribution < -0.4 is 10.2 Å². The van der Waals surface area contributed by atoms with Crippen molar-refractivity contribution in [2.45, 2.75) is 110 Å². The zero-order valence-electron chi connectivity index (χ0n) is 18.9. The van der Waals surface area contributed by atoms with E-state index in [0.29, 0.717) is 6.42 Å². The van der Waals surface area contributed by atoms with Gasteiger partial charge in [-0.05, 0) is 11.8 Å². The largest absolute Gasteiger partial charge is 2.00 e. The summed E-state index contributed by atoms with van der Waals surface area (Å²) < 4.78 is 5.00. The minimum absolute atomic E-state index is 0. The summed E-state index contributed by atoms with van der Waals surface area (Å²) in [4.78, 5) is 11.7. The fourth-order valence-electron chi connectivity index (χ4n) is 3.21. The third-order valence-electron chi connectivity index (χ3n) is 5.47. The van der Waals surface area contributed by atoms with E-state index in [1.165, 1.54) is 77.0 Å². The molecular weight excluding hydrogens is 396 g/mol. The molecule has 168 valence electrons. The summed E-state index contributed by atoms with van der Waals surface area (Å²) >= 11 is 0. The summed E-state index contributed by atoms with van der Waals surface area (Å²) in [6, 6.07) is 0. The second-order valence-corrected chi connectivity index (χ2v) is 8.31. The minimum atomic E-state index is -1.36. The molecule has 0 aliphatic rings. The van der Waals surface area contributed by atoms with Crippen molar-refractivity contribution in [3.63, 3.8) is 0 Å². The number of esters is 1. The molecule has 0 unspecified atom stereocenters. The Morgan fingerprint density at radius 1 is 0.759 bits per heavy atom. The number of carbonyl (C=O) groups excluding carboxylic acids is 1. The fraction of sp³-hybridized carbons (Fsp3) is 0.957. The van der Waals surface area contributed by atoms with Gasteiger partial charge in [0, 0.05) is 13.0 Å². The topological polar surface area (TPSA) is 92.7 Å². The molecule has 0 heterocycles. The van der Waals surface area contributed by atoms with Crippen molar-refractivity contribution in [3.05, 3.63) is 0 Å². The van der Waals surface area contributed by atoms with Gasteiger partial charge in [-0.2, -0.15) is 0 Å². The van der Waals surface area contributed by atoms with Crippen molar-refractivity contribution < 1.29 is 24.9 Å². The van der Waals surface area contributed by atoms with E-state index in [1.54, 1.807) is 0 Å². The smallest absolute Gasteiger partial charge is 0.854 e. The van der Waals surface area contributed by atoms with Gasteiger partial charge in [0.15, 0.2) is 0 Å². The van der Waals surface area contributed by atoms with Crippen LogP contribution in [0.5, 0.6) is 0 Å². The van der Waals surface area contributed by atoms with Crippen LogP contribution in [-0.2, 0) is 9.53 Å².